The Morgan fingerprint density at radius 3 is 2.66 bits per heavy atom. The van der Waals surface area contributed by atoms with Gasteiger partial charge < -0.3 is 4.90 Å². The number of hydrogen-bond acceptors (Lipinski definition) is 3. The molecule has 0 spiro atoms. The number of nitrogens with zero attached hydrogens (tertiary/aromatic N) is 2. The first kappa shape index (κ1) is 22.5. The average molecular weight is 413 g/mol. The van der Waals surface area contributed by atoms with Crippen LogP contribution in [-0.2, 0) is 6.42 Å². The molecule has 0 saturated carbocycles. The van der Waals surface area contributed by atoms with Gasteiger partial charge in [0.1, 0.15) is 0 Å². The van der Waals surface area contributed by atoms with Crippen LogP contribution in [0.4, 0.5) is 0 Å². The molecule has 1 aliphatic heterocycles. The lowest BCUT2D eigenvalue weighted by molar-refractivity contribution is 0.167. The highest BCUT2D eigenvalue weighted by molar-refractivity contribution is 7.97. The molecule has 29 heavy (non-hydrogen) atoms. The van der Waals surface area contributed by atoms with Crippen molar-refractivity contribution in [2.45, 2.75) is 90.1 Å². The summed E-state index contributed by atoms with van der Waals surface area (Å²) in [6.07, 6.45) is 11.8. The minimum atomic E-state index is 0.355. The summed E-state index contributed by atoms with van der Waals surface area (Å²) in [4.78, 5) is 3.97. The topological polar surface area (TPSA) is 6.48 Å². The third kappa shape index (κ3) is 5.70. The minimum Gasteiger partial charge on any atom is -0.375 e. The Hall–Kier alpha value is -1.19. The van der Waals surface area contributed by atoms with Crippen LogP contribution < -0.4 is 0 Å². The molecule has 160 valence electrons. The van der Waals surface area contributed by atoms with Crippen molar-refractivity contribution in [2.75, 3.05) is 13.1 Å². The van der Waals surface area contributed by atoms with E-state index in [-0.39, 0.29) is 0 Å². The Morgan fingerprint density at radius 1 is 1.28 bits per heavy atom. The molecular weight excluding hydrogens is 372 g/mol. The molecule has 0 unspecified atom stereocenters. The van der Waals surface area contributed by atoms with Crippen LogP contribution in [-0.4, -0.2) is 34.4 Å². The van der Waals surface area contributed by atoms with Crippen molar-refractivity contribution in [3.63, 3.8) is 0 Å². The van der Waals surface area contributed by atoms with E-state index in [1.54, 1.807) is 0 Å². The van der Waals surface area contributed by atoms with Crippen LogP contribution in [0.25, 0.3) is 6.08 Å². The molecule has 2 aliphatic rings. The van der Waals surface area contributed by atoms with Crippen molar-refractivity contribution in [1.29, 1.82) is 0 Å². The lowest BCUT2D eigenvalue weighted by atomic mass is 9.85. The minimum absolute atomic E-state index is 0.355. The maximum atomic E-state index is 4.43. The van der Waals surface area contributed by atoms with E-state index in [2.05, 4.69) is 80.8 Å². The van der Waals surface area contributed by atoms with Crippen LogP contribution in [0.15, 0.2) is 41.4 Å². The van der Waals surface area contributed by atoms with Crippen LogP contribution in [0, 0.1) is 5.41 Å². The van der Waals surface area contributed by atoms with Crippen molar-refractivity contribution >= 4 is 18.0 Å². The van der Waals surface area contributed by atoms with Crippen LogP contribution in [0.3, 0.4) is 0 Å². The third-order valence-electron chi connectivity index (χ3n) is 6.65. The smallest absolute Gasteiger partial charge is 0.0305 e. The molecule has 1 fully saturated rings. The van der Waals surface area contributed by atoms with E-state index in [4.69, 9.17) is 0 Å². The van der Waals surface area contributed by atoms with Gasteiger partial charge in [0.25, 0.3) is 0 Å². The van der Waals surface area contributed by atoms with E-state index >= 15 is 0 Å². The van der Waals surface area contributed by atoms with Crippen LogP contribution >= 0.6 is 11.9 Å². The van der Waals surface area contributed by atoms with Gasteiger partial charge in [0.15, 0.2) is 0 Å². The Balaban J connectivity index is 1.64. The lowest BCUT2D eigenvalue weighted by Gasteiger charge is -2.42. The van der Waals surface area contributed by atoms with Crippen LogP contribution in [0.2, 0.25) is 0 Å². The summed E-state index contributed by atoms with van der Waals surface area (Å²) in [5.41, 5.74) is 4.64. The van der Waals surface area contributed by atoms with Crippen molar-refractivity contribution in [3.05, 3.63) is 47.7 Å². The average Bonchev–Trinajstić information content (AvgIpc) is 2.71. The second-order valence-electron chi connectivity index (χ2n) is 9.79. The zero-order valence-electron chi connectivity index (χ0n) is 19.2. The van der Waals surface area contributed by atoms with Gasteiger partial charge in [0.2, 0.25) is 0 Å². The molecule has 0 aromatic heterocycles. The molecule has 0 atom stereocenters. The number of aryl methyl sites for hydroxylation is 1. The standard InChI is InChI=1S/C26H40N2S/c1-7-26(5,6)19-21(4)27-17-15-23(16-18-27)28(20(2)3)29-25-14-10-12-22-11-8-9-13-24(22)25/h9-10,12-14,20,23H,4,7-8,11,15-19H2,1-3,5-6H3. The summed E-state index contributed by atoms with van der Waals surface area (Å²) in [7, 11) is 0. The molecule has 2 nitrogen and oxygen atoms in total. The van der Waals surface area contributed by atoms with E-state index in [0.717, 1.165) is 19.5 Å². The van der Waals surface area contributed by atoms with Crippen molar-refractivity contribution in [2.24, 2.45) is 5.41 Å². The fourth-order valence-corrected chi connectivity index (χ4v) is 5.69. The summed E-state index contributed by atoms with van der Waals surface area (Å²) in [5, 5.41) is 0. The summed E-state index contributed by atoms with van der Waals surface area (Å²) in [6, 6.07) is 8.00. The molecule has 1 saturated heterocycles. The van der Waals surface area contributed by atoms with Crippen molar-refractivity contribution in [1.82, 2.24) is 9.21 Å². The van der Waals surface area contributed by atoms with Gasteiger partial charge in [-0.05, 0) is 80.5 Å². The van der Waals surface area contributed by atoms with Gasteiger partial charge in [-0.15, -0.1) is 0 Å². The summed E-state index contributed by atoms with van der Waals surface area (Å²) < 4.78 is 2.66. The molecule has 1 aromatic rings. The van der Waals surface area contributed by atoms with Gasteiger partial charge in [-0.3, -0.25) is 0 Å². The Bertz CT molecular complexity index is 726. The molecule has 3 heteroatoms. The van der Waals surface area contributed by atoms with Gasteiger partial charge in [0, 0.05) is 35.8 Å². The first-order valence-electron chi connectivity index (χ1n) is 11.5. The second kappa shape index (κ2) is 9.75. The molecule has 0 radical (unpaired) electrons. The molecule has 1 aromatic carbocycles. The summed E-state index contributed by atoms with van der Waals surface area (Å²) >= 11 is 1.98. The Morgan fingerprint density at radius 2 is 2.00 bits per heavy atom. The SMILES string of the molecule is C=C(CC(C)(C)CC)N1CCC(N(Sc2cccc3c2C=CCC3)C(C)C)CC1. The Labute approximate surface area is 183 Å². The first-order chi connectivity index (χ1) is 13.8. The van der Waals surface area contributed by atoms with E-state index in [1.807, 2.05) is 11.9 Å². The molecule has 0 N–H and O–H groups in total. The fraction of sp³-hybridized carbons (Fsp3) is 0.615. The number of rotatable bonds is 8. The lowest BCUT2D eigenvalue weighted by Crippen LogP contribution is -2.44. The number of piperidine rings is 1. The molecule has 0 amide bonds. The highest BCUT2D eigenvalue weighted by Gasteiger charge is 2.29. The number of allylic oxidation sites excluding steroid dienone is 2. The predicted octanol–water partition coefficient (Wildman–Crippen LogP) is 7.17. The van der Waals surface area contributed by atoms with E-state index < -0.39 is 0 Å². The normalized spacial score (nSPS) is 17.8. The zero-order valence-corrected chi connectivity index (χ0v) is 20.0. The summed E-state index contributed by atoms with van der Waals surface area (Å²) in [5.74, 6) is 0. The van der Waals surface area contributed by atoms with Gasteiger partial charge in [-0.25, -0.2) is 4.31 Å². The van der Waals surface area contributed by atoms with Gasteiger partial charge >= 0.3 is 0 Å². The van der Waals surface area contributed by atoms with E-state index in [0.29, 0.717) is 17.5 Å². The second-order valence-corrected chi connectivity index (χ2v) is 10.8. The number of likely N-dealkylation sites (tertiary alicyclic amines) is 1. The highest BCUT2D eigenvalue weighted by atomic mass is 32.2. The molecule has 1 heterocycles. The maximum absolute atomic E-state index is 4.43. The number of hydrogen-bond donors (Lipinski definition) is 0. The third-order valence-corrected chi connectivity index (χ3v) is 8.13. The summed E-state index contributed by atoms with van der Waals surface area (Å²) in [6.45, 7) is 18.4. The zero-order chi connectivity index (χ0) is 21.0. The van der Waals surface area contributed by atoms with E-state index in [1.165, 1.54) is 53.8 Å². The molecule has 0 bridgehead atoms. The maximum Gasteiger partial charge on any atom is 0.0305 e. The van der Waals surface area contributed by atoms with Crippen molar-refractivity contribution in [3.8, 4) is 0 Å². The molecule has 1 aliphatic carbocycles. The highest BCUT2D eigenvalue weighted by Crippen LogP contribution is 2.37. The predicted molar refractivity (Wildman–Crippen MR) is 129 cm³/mol. The Kier molecular flexibility index (Phi) is 7.56. The molecule has 3 rings (SSSR count). The number of fused-ring (bicyclic) bond motifs is 1. The van der Waals surface area contributed by atoms with Gasteiger partial charge in [-0.1, -0.05) is 58.1 Å². The fourth-order valence-electron chi connectivity index (χ4n) is 4.46. The van der Waals surface area contributed by atoms with Crippen molar-refractivity contribution < 1.29 is 0 Å². The van der Waals surface area contributed by atoms with Gasteiger partial charge in [-0.2, -0.15) is 0 Å². The molecular formula is C26H40N2S. The van der Waals surface area contributed by atoms with Crippen LogP contribution in [0.1, 0.15) is 77.8 Å². The van der Waals surface area contributed by atoms with Gasteiger partial charge in [0.05, 0.1) is 0 Å². The first-order valence-corrected chi connectivity index (χ1v) is 12.3. The largest absolute Gasteiger partial charge is 0.375 e. The quantitative estimate of drug-likeness (QED) is 0.418. The van der Waals surface area contributed by atoms with Crippen LogP contribution in [0.5, 0.6) is 0 Å². The number of benzene rings is 1. The van der Waals surface area contributed by atoms with E-state index in [9.17, 15) is 0 Å². The monoisotopic (exact) mass is 412 g/mol.